The first-order chi connectivity index (χ1) is 16.2. The zero-order valence-electron chi connectivity index (χ0n) is 17.2. The van der Waals surface area contributed by atoms with E-state index in [1.165, 1.54) is 0 Å². The Morgan fingerprint density at radius 3 is 0.605 bits per heavy atom. The van der Waals surface area contributed by atoms with Crippen molar-refractivity contribution in [1.82, 2.24) is 0 Å². The molecule has 0 bridgehead atoms. The Kier molecular flexibility index (Phi) is 8.46. The van der Waals surface area contributed by atoms with Gasteiger partial charge in [-0.05, 0) is 0 Å². The lowest BCUT2D eigenvalue weighted by Crippen LogP contribution is -2.77. The molecule has 0 aromatic heterocycles. The first-order valence-electron chi connectivity index (χ1n) is 8.16. The van der Waals surface area contributed by atoms with E-state index in [1.807, 2.05) is 0 Å². The van der Waals surface area contributed by atoms with Crippen LogP contribution in [0.15, 0.2) is 0 Å². The third-order valence-corrected chi connectivity index (χ3v) is 4.43. The number of alkyl halides is 20. The smallest absolute Gasteiger partial charge is 0.410 e. The average molecular weight is 618 g/mol. The number of hydrogen-bond donors (Lipinski definition) is 0. The van der Waals surface area contributed by atoms with E-state index in [2.05, 4.69) is 9.47 Å². The molecule has 0 aromatic rings. The van der Waals surface area contributed by atoms with Gasteiger partial charge in [-0.2, -0.15) is 87.8 Å². The minimum absolute atomic E-state index is 0.349. The molecule has 24 heteroatoms. The fourth-order valence-corrected chi connectivity index (χ4v) is 2.09. The fraction of sp³-hybridized carbons (Fsp3) is 0.857. The van der Waals surface area contributed by atoms with Crippen LogP contribution in [0.2, 0.25) is 0 Å². The van der Waals surface area contributed by atoms with E-state index in [-0.39, 0.29) is 14.2 Å². The maximum absolute atomic E-state index is 13.6. The highest BCUT2D eigenvalue weighted by atomic mass is 19.4. The molecule has 38 heavy (non-hydrogen) atoms. The molecule has 0 spiro atoms. The van der Waals surface area contributed by atoms with Crippen LogP contribution in [-0.4, -0.2) is 85.4 Å². The molecule has 0 atom stereocenters. The number of ether oxygens (including phenoxy) is 2. The minimum atomic E-state index is -9.25. The number of methoxy groups -OCH3 is 2. The van der Waals surface area contributed by atoms with Gasteiger partial charge < -0.3 is 9.47 Å². The number of carbonyl (C=O) groups excluding carboxylic acids is 2. The van der Waals surface area contributed by atoms with Crippen LogP contribution in [0.3, 0.4) is 0 Å². The normalized spacial score (nSPS) is 15.8. The van der Waals surface area contributed by atoms with Crippen LogP contribution < -0.4 is 0 Å². The summed E-state index contributed by atoms with van der Waals surface area (Å²) in [6.45, 7) is 0. The summed E-state index contributed by atoms with van der Waals surface area (Å²) in [6, 6.07) is 0. The molecule has 4 nitrogen and oxygen atoms in total. The standard InChI is InChI=1S/C14H6F20O4/c1-37-3(35)5(15,16)7(19,20)9(23,24)11(27,28)13(31,32)14(33,34)12(29,30)10(25,26)8(21,22)6(17,18)4(36)38-2/h1-2H3. The summed E-state index contributed by atoms with van der Waals surface area (Å²) in [4.78, 5) is 21.0. The largest absolute Gasteiger partial charge is 0.464 e. The third kappa shape index (κ3) is 3.97. The Morgan fingerprint density at radius 1 is 0.342 bits per heavy atom. The van der Waals surface area contributed by atoms with E-state index in [0.717, 1.165) is 0 Å². The predicted octanol–water partition coefficient (Wildman–Crippen LogP) is 5.69. The summed E-state index contributed by atoms with van der Waals surface area (Å²) in [6.07, 6.45) is 0. The summed E-state index contributed by atoms with van der Waals surface area (Å²) in [5.74, 6) is -93.8. The number of carbonyl (C=O) groups is 2. The van der Waals surface area contributed by atoms with Crippen LogP contribution in [0.25, 0.3) is 0 Å². The molecule has 0 heterocycles. The summed E-state index contributed by atoms with van der Waals surface area (Å²) in [5.41, 5.74) is 0. The second-order valence-corrected chi connectivity index (χ2v) is 6.73. The van der Waals surface area contributed by atoms with E-state index in [1.54, 1.807) is 0 Å². The molecular weight excluding hydrogens is 612 g/mol. The van der Waals surface area contributed by atoms with Crippen LogP contribution in [0.5, 0.6) is 0 Å². The van der Waals surface area contributed by atoms with Crippen LogP contribution >= 0.6 is 0 Å². The van der Waals surface area contributed by atoms with Crippen molar-refractivity contribution < 1.29 is 107 Å². The third-order valence-electron chi connectivity index (χ3n) is 4.43. The first-order valence-corrected chi connectivity index (χ1v) is 8.16. The Morgan fingerprint density at radius 2 is 0.474 bits per heavy atom. The van der Waals surface area contributed by atoms with Gasteiger partial charge in [-0.1, -0.05) is 0 Å². The molecule has 0 N–H and O–H groups in total. The second-order valence-electron chi connectivity index (χ2n) is 6.73. The van der Waals surface area contributed by atoms with E-state index in [9.17, 15) is 97.4 Å². The van der Waals surface area contributed by atoms with Crippen molar-refractivity contribution in [3.63, 3.8) is 0 Å². The number of rotatable bonds is 11. The van der Waals surface area contributed by atoms with Crippen LogP contribution in [0.4, 0.5) is 87.8 Å². The molecule has 0 aliphatic carbocycles. The predicted molar refractivity (Wildman–Crippen MR) is 73.5 cm³/mol. The van der Waals surface area contributed by atoms with Gasteiger partial charge in [0, 0.05) is 0 Å². The summed E-state index contributed by atoms with van der Waals surface area (Å²) < 4.78 is 274. The molecule has 0 aliphatic heterocycles. The quantitative estimate of drug-likeness (QED) is 0.221. The summed E-state index contributed by atoms with van der Waals surface area (Å²) in [7, 11) is -0.698. The van der Waals surface area contributed by atoms with Crippen molar-refractivity contribution in [2.75, 3.05) is 14.2 Å². The highest BCUT2D eigenvalue weighted by Gasteiger charge is 2.98. The van der Waals surface area contributed by atoms with Gasteiger partial charge in [0.2, 0.25) is 0 Å². The van der Waals surface area contributed by atoms with Gasteiger partial charge >= 0.3 is 71.2 Å². The van der Waals surface area contributed by atoms with Gasteiger partial charge in [-0.25, -0.2) is 9.59 Å². The Bertz CT molecular complexity index is 849. The minimum Gasteiger partial charge on any atom is -0.464 e. The zero-order chi connectivity index (χ0) is 31.6. The van der Waals surface area contributed by atoms with Crippen molar-refractivity contribution in [3.05, 3.63) is 0 Å². The lowest BCUT2D eigenvalue weighted by Gasteiger charge is -2.44. The van der Waals surface area contributed by atoms with Crippen molar-refractivity contribution in [2.45, 2.75) is 59.2 Å². The van der Waals surface area contributed by atoms with E-state index < -0.39 is 71.2 Å². The van der Waals surface area contributed by atoms with Crippen molar-refractivity contribution in [2.24, 2.45) is 0 Å². The maximum Gasteiger partial charge on any atom is 0.410 e. The highest BCUT2D eigenvalue weighted by Crippen LogP contribution is 2.66. The molecular formula is C14H6F20O4. The van der Waals surface area contributed by atoms with Gasteiger partial charge in [0.25, 0.3) is 0 Å². The Labute approximate surface area is 193 Å². The van der Waals surface area contributed by atoms with Crippen molar-refractivity contribution >= 4 is 11.9 Å². The van der Waals surface area contributed by atoms with Gasteiger partial charge in [0.15, 0.2) is 0 Å². The maximum atomic E-state index is 13.6. The lowest BCUT2D eigenvalue weighted by molar-refractivity contribution is -0.466. The first kappa shape index (κ1) is 35.5. The molecule has 0 aliphatic rings. The monoisotopic (exact) mass is 618 g/mol. The molecule has 0 saturated heterocycles. The Balaban J connectivity index is 7.22. The number of hydrogen-bond acceptors (Lipinski definition) is 4. The van der Waals surface area contributed by atoms with Crippen LogP contribution in [0.1, 0.15) is 0 Å². The molecule has 0 aromatic carbocycles. The average Bonchev–Trinajstić information content (AvgIpc) is 2.76. The summed E-state index contributed by atoms with van der Waals surface area (Å²) in [5, 5.41) is 0. The molecule has 0 rings (SSSR count). The van der Waals surface area contributed by atoms with E-state index in [4.69, 9.17) is 0 Å². The van der Waals surface area contributed by atoms with Crippen molar-refractivity contribution in [3.8, 4) is 0 Å². The van der Waals surface area contributed by atoms with E-state index >= 15 is 0 Å². The van der Waals surface area contributed by atoms with E-state index in [0.29, 0.717) is 0 Å². The number of halogens is 20. The van der Waals surface area contributed by atoms with Gasteiger partial charge in [-0.3, -0.25) is 0 Å². The molecule has 0 unspecified atom stereocenters. The zero-order valence-corrected chi connectivity index (χ0v) is 17.2. The molecule has 226 valence electrons. The van der Waals surface area contributed by atoms with Gasteiger partial charge in [0.1, 0.15) is 0 Å². The molecule has 0 amide bonds. The lowest BCUT2D eigenvalue weighted by atomic mass is 9.85. The van der Waals surface area contributed by atoms with Crippen molar-refractivity contribution in [1.29, 1.82) is 0 Å². The molecule has 0 radical (unpaired) electrons. The van der Waals surface area contributed by atoms with Gasteiger partial charge in [0.05, 0.1) is 14.2 Å². The summed E-state index contributed by atoms with van der Waals surface area (Å²) >= 11 is 0. The molecule has 0 saturated carbocycles. The van der Waals surface area contributed by atoms with Crippen LogP contribution in [-0.2, 0) is 19.1 Å². The second kappa shape index (κ2) is 9.05. The molecule has 0 fully saturated rings. The Hall–Kier alpha value is -2.46. The number of esters is 2. The van der Waals surface area contributed by atoms with Gasteiger partial charge in [-0.15, -0.1) is 0 Å². The van der Waals surface area contributed by atoms with Crippen LogP contribution in [0, 0.1) is 0 Å². The topological polar surface area (TPSA) is 52.6 Å². The fourth-order valence-electron chi connectivity index (χ4n) is 2.09. The highest BCUT2D eigenvalue weighted by molar-refractivity contribution is 5.79. The SMILES string of the molecule is COC(=O)C(F)(F)C(F)(F)C(F)(F)C(F)(F)C(F)(F)C(F)(F)C(F)(F)C(F)(F)C(F)(F)C(F)(F)C(=O)OC.